The molecule has 1 atom stereocenters. The Kier molecular flexibility index (Phi) is 4.36. The Bertz CT molecular complexity index is 338. The van der Waals surface area contributed by atoms with E-state index in [9.17, 15) is 0 Å². The lowest BCUT2D eigenvalue weighted by atomic mass is 10.2. The summed E-state index contributed by atoms with van der Waals surface area (Å²) in [6.07, 6.45) is 3.53. The van der Waals surface area contributed by atoms with Gasteiger partial charge in [0, 0.05) is 24.1 Å². The lowest BCUT2D eigenvalue weighted by Crippen LogP contribution is -2.23. The normalized spacial score (nSPS) is 13.9. The molecule has 0 bridgehead atoms. The van der Waals surface area contributed by atoms with Gasteiger partial charge >= 0.3 is 0 Å². The van der Waals surface area contributed by atoms with Crippen LogP contribution < -0.4 is 5.73 Å². The van der Waals surface area contributed by atoms with Crippen molar-refractivity contribution in [1.29, 1.82) is 0 Å². The minimum atomic E-state index is 0.00454. The molecule has 0 fully saturated rings. The van der Waals surface area contributed by atoms with Crippen molar-refractivity contribution in [3.05, 3.63) is 18.0 Å². The van der Waals surface area contributed by atoms with Gasteiger partial charge in [-0.25, -0.2) is 9.97 Å². The van der Waals surface area contributed by atoms with E-state index in [1.807, 2.05) is 13.8 Å². The first-order valence-electron chi connectivity index (χ1n) is 4.52. The second-order valence-electron chi connectivity index (χ2n) is 3.28. The van der Waals surface area contributed by atoms with E-state index in [-0.39, 0.29) is 11.8 Å². The zero-order valence-corrected chi connectivity index (χ0v) is 9.53. The molecule has 82 valence electrons. The first-order valence-corrected chi connectivity index (χ1v) is 5.51. The summed E-state index contributed by atoms with van der Waals surface area (Å²) in [6.45, 7) is 3.82. The van der Waals surface area contributed by atoms with Gasteiger partial charge in [-0.3, -0.25) is 0 Å². The first-order chi connectivity index (χ1) is 7.13. The molecule has 0 aromatic carbocycles. The van der Waals surface area contributed by atoms with Gasteiger partial charge in [0.15, 0.2) is 5.16 Å². The zero-order chi connectivity index (χ0) is 11.3. The Hall–Kier alpha value is -1.30. The van der Waals surface area contributed by atoms with E-state index in [4.69, 9.17) is 10.9 Å². The van der Waals surface area contributed by atoms with Gasteiger partial charge < -0.3 is 10.9 Å². The van der Waals surface area contributed by atoms with Gasteiger partial charge in [0.25, 0.3) is 0 Å². The number of rotatable bonds is 4. The molecule has 1 rings (SSSR count). The van der Waals surface area contributed by atoms with Gasteiger partial charge in [-0.2, -0.15) is 0 Å². The number of nitrogens with zero attached hydrogens (tertiary/aromatic N) is 3. The van der Waals surface area contributed by atoms with E-state index in [2.05, 4.69) is 15.1 Å². The molecule has 0 spiro atoms. The average molecular weight is 226 g/mol. The van der Waals surface area contributed by atoms with Crippen LogP contribution in [0, 0.1) is 12.8 Å². The van der Waals surface area contributed by atoms with Crippen LogP contribution in [0.25, 0.3) is 0 Å². The van der Waals surface area contributed by atoms with Crippen LogP contribution in [0.2, 0.25) is 0 Å². The third-order valence-electron chi connectivity index (χ3n) is 1.84. The van der Waals surface area contributed by atoms with Crippen LogP contribution in [0.15, 0.2) is 22.7 Å². The molecule has 0 aliphatic rings. The highest BCUT2D eigenvalue weighted by Crippen LogP contribution is 2.15. The molecule has 0 aliphatic carbocycles. The molecule has 0 saturated heterocycles. The maximum absolute atomic E-state index is 8.46. The third kappa shape index (κ3) is 3.75. The lowest BCUT2D eigenvalue weighted by Gasteiger charge is -2.07. The Labute approximate surface area is 92.8 Å². The standard InChI is InChI=1S/C9H14N4OS/c1-6-3-11-9(12-4-6)15-5-7(2)8(10)13-14/h3-4,7,14H,5H2,1-2H3,(H2,10,13). The second-order valence-corrected chi connectivity index (χ2v) is 4.27. The van der Waals surface area contributed by atoms with E-state index in [1.165, 1.54) is 11.8 Å². The summed E-state index contributed by atoms with van der Waals surface area (Å²) in [5.74, 6) is 0.929. The highest BCUT2D eigenvalue weighted by atomic mass is 32.2. The van der Waals surface area contributed by atoms with Gasteiger partial charge in [0.1, 0.15) is 5.84 Å². The second kappa shape index (κ2) is 5.55. The molecule has 0 saturated carbocycles. The fraction of sp³-hybridized carbons (Fsp3) is 0.444. The molecule has 1 heterocycles. The van der Waals surface area contributed by atoms with Crippen molar-refractivity contribution in [2.75, 3.05) is 5.75 Å². The highest BCUT2D eigenvalue weighted by molar-refractivity contribution is 7.99. The van der Waals surface area contributed by atoms with Crippen LogP contribution in [-0.4, -0.2) is 26.8 Å². The Balaban J connectivity index is 2.47. The third-order valence-corrected chi connectivity index (χ3v) is 2.98. The SMILES string of the molecule is Cc1cnc(SCC(C)/C(N)=N/O)nc1. The molecule has 0 amide bonds. The fourth-order valence-electron chi connectivity index (χ4n) is 0.839. The molecule has 15 heavy (non-hydrogen) atoms. The van der Waals surface area contributed by atoms with Crippen LogP contribution in [0.4, 0.5) is 0 Å². The molecule has 0 aliphatic heterocycles. The van der Waals surface area contributed by atoms with Gasteiger partial charge in [0.05, 0.1) is 0 Å². The first kappa shape index (κ1) is 11.8. The highest BCUT2D eigenvalue weighted by Gasteiger charge is 2.08. The number of hydrogen-bond donors (Lipinski definition) is 2. The molecule has 5 nitrogen and oxygen atoms in total. The van der Waals surface area contributed by atoms with Crippen molar-refractivity contribution in [1.82, 2.24) is 9.97 Å². The zero-order valence-electron chi connectivity index (χ0n) is 8.71. The van der Waals surface area contributed by atoms with E-state index >= 15 is 0 Å². The lowest BCUT2D eigenvalue weighted by molar-refractivity contribution is 0.315. The predicted octanol–water partition coefficient (Wildman–Crippen LogP) is 1.26. The molecular weight excluding hydrogens is 212 g/mol. The fourth-order valence-corrected chi connectivity index (χ4v) is 1.66. The van der Waals surface area contributed by atoms with Crippen LogP contribution >= 0.6 is 11.8 Å². The number of aryl methyl sites for hydroxylation is 1. The van der Waals surface area contributed by atoms with Crippen molar-refractivity contribution in [2.24, 2.45) is 16.8 Å². The topological polar surface area (TPSA) is 84.4 Å². The minimum Gasteiger partial charge on any atom is -0.409 e. The summed E-state index contributed by atoms with van der Waals surface area (Å²) in [7, 11) is 0. The molecule has 1 aromatic heterocycles. The van der Waals surface area contributed by atoms with Crippen LogP contribution in [0.1, 0.15) is 12.5 Å². The van der Waals surface area contributed by atoms with Gasteiger partial charge in [-0.15, -0.1) is 0 Å². The Morgan fingerprint density at radius 1 is 1.60 bits per heavy atom. The Morgan fingerprint density at radius 3 is 2.73 bits per heavy atom. The molecular formula is C9H14N4OS. The van der Waals surface area contributed by atoms with Crippen molar-refractivity contribution < 1.29 is 5.21 Å². The monoisotopic (exact) mass is 226 g/mol. The largest absolute Gasteiger partial charge is 0.409 e. The molecule has 1 aromatic rings. The van der Waals surface area contributed by atoms with Gasteiger partial charge in [-0.05, 0) is 12.5 Å². The van der Waals surface area contributed by atoms with E-state index in [0.29, 0.717) is 10.9 Å². The quantitative estimate of drug-likeness (QED) is 0.202. The van der Waals surface area contributed by atoms with Gasteiger partial charge in [0.2, 0.25) is 0 Å². The Morgan fingerprint density at radius 2 is 2.20 bits per heavy atom. The van der Waals surface area contributed by atoms with Crippen molar-refractivity contribution in [3.63, 3.8) is 0 Å². The van der Waals surface area contributed by atoms with Crippen LogP contribution in [-0.2, 0) is 0 Å². The predicted molar refractivity (Wildman–Crippen MR) is 60.1 cm³/mol. The van der Waals surface area contributed by atoms with Crippen LogP contribution in [0.3, 0.4) is 0 Å². The van der Waals surface area contributed by atoms with Crippen molar-refractivity contribution >= 4 is 17.6 Å². The molecule has 1 unspecified atom stereocenters. The summed E-state index contributed by atoms with van der Waals surface area (Å²) in [5, 5.41) is 12.1. The number of thioether (sulfide) groups is 1. The summed E-state index contributed by atoms with van der Waals surface area (Å²) in [6, 6.07) is 0. The summed E-state index contributed by atoms with van der Waals surface area (Å²) < 4.78 is 0. The number of aromatic nitrogens is 2. The van der Waals surface area contributed by atoms with Gasteiger partial charge in [-0.1, -0.05) is 23.8 Å². The molecule has 6 heteroatoms. The number of amidine groups is 1. The summed E-state index contributed by atoms with van der Waals surface area (Å²) >= 11 is 1.49. The van der Waals surface area contributed by atoms with E-state index in [0.717, 1.165) is 5.56 Å². The number of oxime groups is 1. The van der Waals surface area contributed by atoms with Crippen LogP contribution in [0.5, 0.6) is 0 Å². The number of nitrogens with two attached hydrogens (primary N) is 1. The minimum absolute atomic E-state index is 0.00454. The summed E-state index contributed by atoms with van der Waals surface area (Å²) in [4.78, 5) is 8.29. The maximum Gasteiger partial charge on any atom is 0.187 e. The average Bonchev–Trinajstić information content (AvgIpc) is 2.26. The smallest absolute Gasteiger partial charge is 0.187 e. The molecule has 0 radical (unpaired) electrons. The molecule has 3 N–H and O–H groups in total. The van der Waals surface area contributed by atoms with E-state index < -0.39 is 0 Å². The van der Waals surface area contributed by atoms with Crippen molar-refractivity contribution in [2.45, 2.75) is 19.0 Å². The maximum atomic E-state index is 8.46. The summed E-state index contributed by atoms with van der Waals surface area (Å²) in [5.41, 5.74) is 6.48. The van der Waals surface area contributed by atoms with Crippen molar-refractivity contribution in [3.8, 4) is 0 Å². The number of hydrogen-bond acceptors (Lipinski definition) is 5. The van der Waals surface area contributed by atoms with E-state index in [1.54, 1.807) is 12.4 Å².